The Morgan fingerprint density at radius 3 is 2.39 bits per heavy atom. The third-order valence-electron chi connectivity index (χ3n) is 4.84. The van der Waals surface area contributed by atoms with Crippen molar-refractivity contribution in [3.8, 4) is 11.5 Å². The van der Waals surface area contributed by atoms with Gasteiger partial charge in [0.05, 0.1) is 12.7 Å². The fraction of sp³-hybridized carbons (Fsp3) is 0.300. The van der Waals surface area contributed by atoms with Crippen LogP contribution in [-0.4, -0.2) is 57.0 Å². The molecule has 0 spiro atoms. The minimum Gasteiger partial charge on any atom is -0.465 e. The molecule has 2 aromatic rings. The monoisotopic (exact) mass is 383 g/mol. The van der Waals surface area contributed by atoms with E-state index < -0.39 is 0 Å². The zero-order valence-corrected chi connectivity index (χ0v) is 15.5. The number of hydrogen-bond acceptors (Lipinski definition) is 6. The van der Waals surface area contributed by atoms with E-state index in [1.165, 1.54) is 7.11 Å². The molecule has 1 fully saturated rings. The number of amides is 2. The maximum Gasteiger partial charge on any atom is 0.337 e. The Bertz CT molecular complexity index is 876. The Kier molecular flexibility index (Phi) is 4.92. The van der Waals surface area contributed by atoms with Crippen molar-refractivity contribution in [1.29, 1.82) is 0 Å². The van der Waals surface area contributed by atoms with E-state index in [1.807, 2.05) is 12.1 Å². The van der Waals surface area contributed by atoms with Gasteiger partial charge < -0.3 is 29.3 Å². The molecule has 0 unspecified atom stereocenters. The SMILES string of the molecule is COC(=O)c1ccc(N2CCN(C(=O)Nc3ccc4c(c3)OCO4)CC2)cc1. The van der Waals surface area contributed by atoms with Crippen molar-refractivity contribution in [2.45, 2.75) is 0 Å². The van der Waals surface area contributed by atoms with Gasteiger partial charge in [0.2, 0.25) is 6.79 Å². The minimum absolute atomic E-state index is 0.139. The first kappa shape index (κ1) is 18.0. The number of nitrogens with one attached hydrogen (secondary N) is 1. The van der Waals surface area contributed by atoms with Gasteiger partial charge in [-0.25, -0.2) is 9.59 Å². The number of methoxy groups -OCH3 is 1. The molecular weight excluding hydrogens is 362 g/mol. The van der Waals surface area contributed by atoms with Gasteiger partial charge in [-0.2, -0.15) is 0 Å². The van der Waals surface area contributed by atoms with Crippen LogP contribution >= 0.6 is 0 Å². The summed E-state index contributed by atoms with van der Waals surface area (Å²) in [5, 5.41) is 2.90. The predicted octanol–water partition coefficient (Wildman–Crippen LogP) is 2.56. The molecule has 0 saturated carbocycles. The summed E-state index contributed by atoms with van der Waals surface area (Å²) in [4.78, 5) is 28.0. The van der Waals surface area contributed by atoms with Gasteiger partial charge in [0.15, 0.2) is 11.5 Å². The van der Waals surface area contributed by atoms with Crippen LogP contribution in [0.5, 0.6) is 11.5 Å². The first-order valence-corrected chi connectivity index (χ1v) is 9.03. The lowest BCUT2D eigenvalue weighted by Gasteiger charge is -2.36. The summed E-state index contributed by atoms with van der Waals surface area (Å²) < 4.78 is 15.3. The quantitative estimate of drug-likeness (QED) is 0.821. The number of ether oxygens (including phenoxy) is 3. The predicted molar refractivity (Wildman–Crippen MR) is 103 cm³/mol. The maximum atomic E-state index is 12.5. The molecule has 8 nitrogen and oxygen atoms in total. The number of fused-ring (bicyclic) bond motifs is 1. The van der Waals surface area contributed by atoms with Gasteiger partial charge in [0.25, 0.3) is 0 Å². The number of urea groups is 1. The third-order valence-corrected chi connectivity index (χ3v) is 4.84. The number of esters is 1. The Balaban J connectivity index is 1.32. The van der Waals surface area contributed by atoms with Crippen LogP contribution in [0.1, 0.15) is 10.4 Å². The number of rotatable bonds is 3. The molecule has 2 heterocycles. The second-order valence-electron chi connectivity index (χ2n) is 6.51. The smallest absolute Gasteiger partial charge is 0.337 e. The van der Waals surface area contributed by atoms with Crippen molar-refractivity contribution in [3.05, 3.63) is 48.0 Å². The number of nitrogens with zero attached hydrogens (tertiary/aromatic N) is 2. The highest BCUT2D eigenvalue weighted by Crippen LogP contribution is 2.34. The van der Waals surface area contributed by atoms with Crippen molar-refractivity contribution in [2.24, 2.45) is 0 Å². The largest absolute Gasteiger partial charge is 0.465 e. The molecule has 146 valence electrons. The number of anilines is 2. The lowest BCUT2D eigenvalue weighted by atomic mass is 10.2. The molecule has 0 radical (unpaired) electrons. The lowest BCUT2D eigenvalue weighted by Crippen LogP contribution is -2.50. The highest BCUT2D eigenvalue weighted by Gasteiger charge is 2.22. The average molecular weight is 383 g/mol. The summed E-state index contributed by atoms with van der Waals surface area (Å²) in [6.07, 6.45) is 0. The van der Waals surface area contributed by atoms with Gasteiger partial charge >= 0.3 is 12.0 Å². The van der Waals surface area contributed by atoms with Crippen molar-refractivity contribution in [3.63, 3.8) is 0 Å². The molecule has 0 bridgehead atoms. The summed E-state index contributed by atoms with van der Waals surface area (Å²) in [6, 6.07) is 12.5. The van der Waals surface area contributed by atoms with E-state index in [0.29, 0.717) is 48.9 Å². The standard InChI is InChI=1S/C20H21N3O5/c1-26-19(24)14-2-5-16(6-3-14)22-8-10-23(11-9-22)20(25)21-15-4-7-17-18(12-15)28-13-27-17/h2-7,12H,8-11,13H2,1H3,(H,21,25). The van der Waals surface area contributed by atoms with Crippen LogP contribution in [0.15, 0.2) is 42.5 Å². The molecule has 2 amide bonds. The average Bonchev–Trinajstić information content (AvgIpc) is 3.21. The minimum atomic E-state index is -0.350. The van der Waals surface area contributed by atoms with E-state index in [1.54, 1.807) is 35.2 Å². The number of benzene rings is 2. The second-order valence-corrected chi connectivity index (χ2v) is 6.51. The van der Waals surface area contributed by atoms with Gasteiger partial charge in [-0.15, -0.1) is 0 Å². The van der Waals surface area contributed by atoms with Crippen LogP contribution in [0.25, 0.3) is 0 Å². The van der Waals surface area contributed by atoms with Crippen molar-refractivity contribution >= 4 is 23.4 Å². The fourth-order valence-electron chi connectivity index (χ4n) is 3.27. The molecule has 4 rings (SSSR count). The second kappa shape index (κ2) is 7.67. The first-order chi connectivity index (χ1) is 13.6. The van der Waals surface area contributed by atoms with Crippen molar-refractivity contribution in [2.75, 3.05) is 50.3 Å². The van der Waals surface area contributed by atoms with Gasteiger partial charge in [-0.3, -0.25) is 0 Å². The van der Waals surface area contributed by atoms with Crippen LogP contribution in [0, 0.1) is 0 Å². The van der Waals surface area contributed by atoms with Crippen LogP contribution < -0.4 is 19.7 Å². The molecule has 2 aromatic carbocycles. The van der Waals surface area contributed by atoms with E-state index in [2.05, 4.69) is 10.2 Å². The highest BCUT2D eigenvalue weighted by atomic mass is 16.7. The zero-order chi connectivity index (χ0) is 19.5. The topological polar surface area (TPSA) is 80.3 Å². The van der Waals surface area contributed by atoms with Gasteiger partial charge in [0, 0.05) is 43.6 Å². The zero-order valence-electron chi connectivity index (χ0n) is 15.5. The lowest BCUT2D eigenvalue weighted by molar-refractivity contribution is 0.0600. The van der Waals surface area contributed by atoms with E-state index in [9.17, 15) is 9.59 Å². The Morgan fingerprint density at radius 2 is 1.68 bits per heavy atom. The molecule has 28 heavy (non-hydrogen) atoms. The molecule has 1 saturated heterocycles. The van der Waals surface area contributed by atoms with Crippen LogP contribution in [-0.2, 0) is 4.74 Å². The highest BCUT2D eigenvalue weighted by molar-refractivity contribution is 5.90. The first-order valence-electron chi connectivity index (χ1n) is 9.03. The Morgan fingerprint density at radius 1 is 0.964 bits per heavy atom. The van der Waals surface area contributed by atoms with E-state index in [-0.39, 0.29) is 18.8 Å². The summed E-state index contributed by atoms with van der Waals surface area (Å²) in [6.45, 7) is 2.85. The van der Waals surface area contributed by atoms with Gasteiger partial charge in [-0.05, 0) is 36.4 Å². The molecular formula is C20H21N3O5. The molecule has 0 aromatic heterocycles. The van der Waals surface area contributed by atoms with E-state index >= 15 is 0 Å². The van der Waals surface area contributed by atoms with E-state index in [4.69, 9.17) is 14.2 Å². The molecule has 2 aliphatic heterocycles. The molecule has 8 heteroatoms. The Hall–Kier alpha value is -3.42. The summed E-state index contributed by atoms with van der Waals surface area (Å²) >= 11 is 0. The normalized spacial score (nSPS) is 15.3. The molecule has 0 atom stereocenters. The van der Waals surface area contributed by atoms with Crippen LogP contribution in [0.3, 0.4) is 0 Å². The maximum absolute atomic E-state index is 12.5. The number of hydrogen-bond donors (Lipinski definition) is 1. The Labute approximate surface area is 162 Å². The number of carbonyl (C=O) groups is 2. The van der Waals surface area contributed by atoms with Crippen molar-refractivity contribution in [1.82, 2.24) is 4.90 Å². The summed E-state index contributed by atoms with van der Waals surface area (Å²) in [5.74, 6) is 0.972. The molecule has 0 aliphatic carbocycles. The number of carbonyl (C=O) groups excluding carboxylic acids is 2. The van der Waals surface area contributed by atoms with Gasteiger partial charge in [0.1, 0.15) is 0 Å². The van der Waals surface area contributed by atoms with Crippen LogP contribution in [0.4, 0.5) is 16.2 Å². The molecule has 2 aliphatic rings. The summed E-state index contributed by atoms with van der Waals surface area (Å²) in [7, 11) is 1.37. The van der Waals surface area contributed by atoms with E-state index in [0.717, 1.165) is 5.69 Å². The van der Waals surface area contributed by atoms with Crippen LogP contribution in [0.2, 0.25) is 0 Å². The summed E-state index contributed by atoms with van der Waals surface area (Å²) in [5.41, 5.74) is 2.21. The molecule has 1 N–H and O–H groups in total. The third kappa shape index (κ3) is 3.66. The van der Waals surface area contributed by atoms with Crippen molar-refractivity contribution < 1.29 is 23.8 Å². The number of piperazine rings is 1. The van der Waals surface area contributed by atoms with Gasteiger partial charge in [-0.1, -0.05) is 0 Å². The fourth-order valence-corrected chi connectivity index (χ4v) is 3.27.